The van der Waals surface area contributed by atoms with Crippen LogP contribution in [0.2, 0.25) is 0 Å². The number of hydrogen-bond donors (Lipinski definition) is 3. The maximum absolute atomic E-state index is 11.7. The van der Waals surface area contributed by atoms with Crippen LogP contribution in [0.3, 0.4) is 0 Å². The van der Waals surface area contributed by atoms with Crippen molar-refractivity contribution in [3.8, 4) is 0 Å². The third-order valence-corrected chi connectivity index (χ3v) is 3.06. The molecule has 0 bridgehead atoms. The van der Waals surface area contributed by atoms with Crippen molar-refractivity contribution in [2.24, 2.45) is 0 Å². The average molecular weight is 285 g/mol. The number of nitrogens with one attached hydrogen (secondary N) is 2. The van der Waals surface area contributed by atoms with Gasteiger partial charge < -0.3 is 21.1 Å². The molecule has 0 heterocycles. The number of hydrogen-bond acceptors (Lipinski definition) is 4. The van der Waals surface area contributed by atoms with Gasteiger partial charge >= 0.3 is 0 Å². The third-order valence-electron chi connectivity index (χ3n) is 3.06. The maximum atomic E-state index is 11.7. The first-order valence-electron chi connectivity index (χ1n) is 6.60. The molecule has 0 aliphatic carbocycles. The summed E-state index contributed by atoms with van der Waals surface area (Å²) in [5.41, 5.74) is 9.75. The average Bonchev–Trinajstić information content (AvgIpc) is 2.49. The van der Waals surface area contributed by atoms with Gasteiger partial charge in [0.05, 0.1) is 18.0 Å². The lowest BCUT2D eigenvalue weighted by molar-refractivity contribution is 0.0963. The number of anilines is 3. The molecule has 5 heteroatoms. The van der Waals surface area contributed by atoms with E-state index in [4.69, 9.17) is 10.5 Å². The van der Waals surface area contributed by atoms with Gasteiger partial charge in [0, 0.05) is 25.4 Å². The molecule has 0 atom stereocenters. The largest absolute Gasteiger partial charge is 0.397 e. The number of amides is 1. The Morgan fingerprint density at radius 1 is 1.24 bits per heavy atom. The Labute approximate surface area is 124 Å². The van der Waals surface area contributed by atoms with Crippen molar-refractivity contribution in [1.29, 1.82) is 0 Å². The van der Waals surface area contributed by atoms with E-state index in [0.717, 1.165) is 11.3 Å². The van der Waals surface area contributed by atoms with Crippen LogP contribution < -0.4 is 16.4 Å². The fraction of sp³-hybridized carbons (Fsp3) is 0.188. The van der Waals surface area contributed by atoms with Crippen LogP contribution in [0, 0.1) is 0 Å². The van der Waals surface area contributed by atoms with Crippen molar-refractivity contribution in [3.05, 3.63) is 53.6 Å². The Hall–Kier alpha value is -2.53. The van der Waals surface area contributed by atoms with E-state index in [1.165, 1.54) is 0 Å². The van der Waals surface area contributed by atoms with Crippen LogP contribution in [-0.2, 0) is 11.3 Å². The lowest BCUT2D eigenvalue weighted by atomic mass is 10.1. The number of rotatable bonds is 5. The topological polar surface area (TPSA) is 76.4 Å². The van der Waals surface area contributed by atoms with Crippen LogP contribution >= 0.6 is 0 Å². The normalized spacial score (nSPS) is 10.2. The van der Waals surface area contributed by atoms with E-state index in [2.05, 4.69) is 10.6 Å². The smallest absolute Gasteiger partial charge is 0.251 e. The predicted molar refractivity (Wildman–Crippen MR) is 84.7 cm³/mol. The molecule has 0 aliphatic rings. The van der Waals surface area contributed by atoms with Gasteiger partial charge in [0.2, 0.25) is 0 Å². The molecular weight excluding hydrogens is 266 g/mol. The second-order valence-electron chi connectivity index (χ2n) is 4.64. The maximum Gasteiger partial charge on any atom is 0.251 e. The van der Waals surface area contributed by atoms with Gasteiger partial charge in [-0.25, -0.2) is 0 Å². The summed E-state index contributed by atoms with van der Waals surface area (Å²) in [6.07, 6.45) is 0. The van der Waals surface area contributed by atoms with Gasteiger partial charge in [-0.05, 0) is 35.9 Å². The van der Waals surface area contributed by atoms with E-state index in [-0.39, 0.29) is 5.91 Å². The third kappa shape index (κ3) is 3.73. The van der Waals surface area contributed by atoms with E-state index in [1.807, 2.05) is 24.3 Å². The molecular formula is C16H19N3O2. The van der Waals surface area contributed by atoms with Gasteiger partial charge in [-0.2, -0.15) is 0 Å². The van der Waals surface area contributed by atoms with E-state index in [9.17, 15) is 4.79 Å². The minimum absolute atomic E-state index is 0.147. The fourth-order valence-electron chi connectivity index (χ4n) is 2.01. The van der Waals surface area contributed by atoms with Crippen molar-refractivity contribution in [2.45, 2.75) is 6.61 Å². The first-order valence-corrected chi connectivity index (χ1v) is 6.60. The molecule has 0 aromatic heterocycles. The molecule has 2 rings (SSSR count). The van der Waals surface area contributed by atoms with Gasteiger partial charge in [0.1, 0.15) is 0 Å². The summed E-state index contributed by atoms with van der Waals surface area (Å²) in [6.45, 7) is 0.545. The highest BCUT2D eigenvalue weighted by atomic mass is 16.5. The van der Waals surface area contributed by atoms with Gasteiger partial charge in [-0.3, -0.25) is 4.79 Å². The number of carbonyl (C=O) groups is 1. The molecule has 110 valence electrons. The summed E-state index contributed by atoms with van der Waals surface area (Å²) in [7, 11) is 3.25. The zero-order chi connectivity index (χ0) is 15.2. The predicted octanol–water partition coefficient (Wildman–Crippen LogP) is 2.52. The van der Waals surface area contributed by atoms with E-state index in [1.54, 1.807) is 32.4 Å². The molecule has 0 saturated carbocycles. The zero-order valence-electron chi connectivity index (χ0n) is 12.1. The van der Waals surface area contributed by atoms with Crippen molar-refractivity contribution in [2.75, 3.05) is 25.2 Å². The summed E-state index contributed by atoms with van der Waals surface area (Å²) < 4.78 is 5.12. The van der Waals surface area contributed by atoms with Crippen molar-refractivity contribution < 1.29 is 9.53 Å². The second-order valence-corrected chi connectivity index (χ2v) is 4.64. The van der Waals surface area contributed by atoms with E-state index < -0.39 is 0 Å². The Balaban J connectivity index is 2.26. The van der Waals surface area contributed by atoms with Gasteiger partial charge in [-0.15, -0.1) is 0 Å². The SMILES string of the molecule is CNC(=O)c1ccc(N)c(Nc2cccc(COC)c2)c1. The molecule has 0 saturated heterocycles. The highest BCUT2D eigenvalue weighted by Gasteiger charge is 2.07. The fourth-order valence-corrected chi connectivity index (χ4v) is 2.01. The van der Waals surface area contributed by atoms with Crippen molar-refractivity contribution >= 4 is 23.0 Å². The van der Waals surface area contributed by atoms with E-state index >= 15 is 0 Å². The number of methoxy groups -OCH3 is 1. The van der Waals surface area contributed by atoms with Crippen molar-refractivity contribution in [1.82, 2.24) is 5.32 Å². The molecule has 21 heavy (non-hydrogen) atoms. The van der Waals surface area contributed by atoms with E-state index in [0.29, 0.717) is 23.5 Å². The Bertz CT molecular complexity index is 641. The first-order chi connectivity index (χ1) is 10.1. The standard InChI is InChI=1S/C16H19N3O2/c1-18-16(20)12-6-7-14(17)15(9-12)19-13-5-3-4-11(8-13)10-21-2/h3-9,19H,10,17H2,1-2H3,(H,18,20). The number of nitrogen functional groups attached to an aromatic ring is 1. The second kappa shape index (κ2) is 6.76. The highest BCUT2D eigenvalue weighted by Crippen LogP contribution is 2.25. The molecule has 0 fully saturated rings. The quantitative estimate of drug-likeness (QED) is 0.738. The molecule has 1 amide bonds. The lowest BCUT2D eigenvalue weighted by Gasteiger charge is -2.12. The van der Waals surface area contributed by atoms with Gasteiger partial charge in [0.15, 0.2) is 0 Å². The molecule has 2 aromatic rings. The number of ether oxygens (including phenoxy) is 1. The first kappa shape index (κ1) is 14.9. The molecule has 0 radical (unpaired) electrons. The minimum Gasteiger partial charge on any atom is -0.397 e. The van der Waals surface area contributed by atoms with Gasteiger partial charge in [0.25, 0.3) is 5.91 Å². The molecule has 4 N–H and O–H groups in total. The summed E-state index contributed by atoms with van der Waals surface area (Å²) >= 11 is 0. The molecule has 2 aromatic carbocycles. The molecule has 0 spiro atoms. The summed E-state index contributed by atoms with van der Waals surface area (Å²) in [6, 6.07) is 13.0. The zero-order valence-corrected chi connectivity index (χ0v) is 12.1. The number of nitrogens with two attached hydrogens (primary N) is 1. The van der Waals surface area contributed by atoms with Gasteiger partial charge in [-0.1, -0.05) is 12.1 Å². The molecule has 0 aliphatic heterocycles. The van der Waals surface area contributed by atoms with Crippen LogP contribution in [0.25, 0.3) is 0 Å². The van der Waals surface area contributed by atoms with Crippen molar-refractivity contribution in [3.63, 3.8) is 0 Å². The number of benzene rings is 2. The Morgan fingerprint density at radius 3 is 2.76 bits per heavy atom. The minimum atomic E-state index is -0.147. The van der Waals surface area contributed by atoms with Crippen LogP contribution in [0.4, 0.5) is 17.1 Å². The van der Waals surface area contributed by atoms with Crippen LogP contribution in [0.1, 0.15) is 15.9 Å². The monoisotopic (exact) mass is 285 g/mol. The molecule has 0 unspecified atom stereocenters. The number of carbonyl (C=O) groups excluding carboxylic acids is 1. The summed E-state index contributed by atoms with van der Waals surface area (Å²) in [5, 5.41) is 5.82. The Morgan fingerprint density at radius 2 is 2.05 bits per heavy atom. The Kier molecular flexibility index (Phi) is 4.79. The van der Waals surface area contributed by atoms with Crippen LogP contribution in [0.5, 0.6) is 0 Å². The summed E-state index contributed by atoms with van der Waals surface area (Å²) in [4.78, 5) is 11.7. The molecule has 5 nitrogen and oxygen atoms in total. The highest BCUT2D eigenvalue weighted by molar-refractivity contribution is 5.96. The van der Waals surface area contributed by atoms with Crippen LogP contribution in [-0.4, -0.2) is 20.1 Å². The summed E-state index contributed by atoms with van der Waals surface area (Å²) in [5.74, 6) is -0.147. The van der Waals surface area contributed by atoms with Crippen LogP contribution in [0.15, 0.2) is 42.5 Å². The lowest BCUT2D eigenvalue weighted by Crippen LogP contribution is -2.17.